The zero-order valence-corrected chi connectivity index (χ0v) is 16.1. The molecule has 0 aliphatic carbocycles. The molecule has 27 heavy (non-hydrogen) atoms. The van der Waals surface area contributed by atoms with Gasteiger partial charge in [-0.25, -0.2) is 0 Å². The van der Waals surface area contributed by atoms with Crippen molar-refractivity contribution in [1.29, 1.82) is 0 Å². The Morgan fingerprint density at radius 1 is 1.07 bits per heavy atom. The lowest BCUT2D eigenvalue weighted by Crippen LogP contribution is -2.35. The Kier molecular flexibility index (Phi) is 7.95. The highest BCUT2D eigenvalue weighted by molar-refractivity contribution is 6.32. The van der Waals surface area contributed by atoms with Crippen LogP contribution in [0, 0.1) is 0 Å². The molecule has 0 bridgehead atoms. The molecule has 0 radical (unpaired) electrons. The highest BCUT2D eigenvalue weighted by Crippen LogP contribution is 2.36. The maximum atomic E-state index is 12.3. The Bertz CT molecular complexity index is 781. The van der Waals surface area contributed by atoms with E-state index >= 15 is 0 Å². The largest absolute Gasteiger partial charge is 0.493 e. The third kappa shape index (κ3) is 6.18. The normalized spacial score (nSPS) is 10.2. The van der Waals surface area contributed by atoms with E-state index in [1.165, 1.54) is 13.2 Å². The van der Waals surface area contributed by atoms with Gasteiger partial charge in [0.05, 0.1) is 25.2 Å². The first-order valence-corrected chi connectivity index (χ1v) is 9.02. The summed E-state index contributed by atoms with van der Waals surface area (Å²) in [6.45, 7) is 2.90. The monoisotopic (exact) mass is 390 g/mol. The van der Waals surface area contributed by atoms with Gasteiger partial charge in [-0.3, -0.25) is 9.59 Å². The molecule has 2 N–H and O–H groups in total. The van der Waals surface area contributed by atoms with Crippen molar-refractivity contribution in [1.82, 2.24) is 10.6 Å². The number of halogens is 1. The van der Waals surface area contributed by atoms with Crippen LogP contribution in [0.4, 0.5) is 0 Å². The van der Waals surface area contributed by atoms with Crippen molar-refractivity contribution in [2.24, 2.45) is 0 Å². The fraction of sp³-hybridized carbons (Fsp3) is 0.300. The van der Waals surface area contributed by atoms with E-state index in [-0.39, 0.29) is 11.8 Å². The molecule has 0 heterocycles. The molecule has 0 saturated heterocycles. The number of carbonyl (C=O) groups is 2. The molecule has 6 nitrogen and oxygen atoms in total. The summed E-state index contributed by atoms with van der Waals surface area (Å²) in [5.41, 5.74) is 1.30. The topological polar surface area (TPSA) is 76.7 Å². The molecule has 7 heteroatoms. The van der Waals surface area contributed by atoms with Crippen LogP contribution in [0.2, 0.25) is 5.02 Å². The van der Waals surface area contributed by atoms with E-state index in [9.17, 15) is 9.59 Å². The summed E-state index contributed by atoms with van der Waals surface area (Å²) in [7, 11) is 1.48. The van der Waals surface area contributed by atoms with Crippen LogP contribution in [0.5, 0.6) is 11.5 Å². The van der Waals surface area contributed by atoms with Gasteiger partial charge < -0.3 is 20.1 Å². The summed E-state index contributed by atoms with van der Waals surface area (Å²) < 4.78 is 10.7. The van der Waals surface area contributed by atoms with Gasteiger partial charge in [-0.05, 0) is 24.6 Å². The van der Waals surface area contributed by atoms with Gasteiger partial charge in [-0.1, -0.05) is 41.9 Å². The Hall–Kier alpha value is -2.73. The van der Waals surface area contributed by atoms with Crippen LogP contribution in [0.15, 0.2) is 42.5 Å². The van der Waals surface area contributed by atoms with E-state index < -0.39 is 0 Å². The first-order valence-electron chi connectivity index (χ1n) is 8.64. The van der Waals surface area contributed by atoms with Gasteiger partial charge in [0.25, 0.3) is 5.91 Å². The Labute approximate surface area is 163 Å². The van der Waals surface area contributed by atoms with Crippen molar-refractivity contribution in [2.45, 2.75) is 13.3 Å². The van der Waals surface area contributed by atoms with Gasteiger partial charge in [0.2, 0.25) is 5.91 Å². The summed E-state index contributed by atoms with van der Waals surface area (Å²) in [6, 6.07) is 12.6. The summed E-state index contributed by atoms with van der Waals surface area (Å²) in [4.78, 5) is 24.2. The van der Waals surface area contributed by atoms with Crippen LogP contribution in [0.3, 0.4) is 0 Å². The number of methoxy groups -OCH3 is 1. The first kappa shape index (κ1) is 20.6. The molecule has 2 rings (SSSR count). The number of hydrogen-bond donors (Lipinski definition) is 2. The number of hydrogen-bond acceptors (Lipinski definition) is 4. The molecule has 0 aromatic heterocycles. The van der Waals surface area contributed by atoms with Crippen molar-refractivity contribution in [3.63, 3.8) is 0 Å². The zero-order chi connectivity index (χ0) is 19.6. The Morgan fingerprint density at radius 2 is 1.78 bits per heavy atom. The lowest BCUT2D eigenvalue weighted by molar-refractivity contribution is -0.120. The third-order valence-electron chi connectivity index (χ3n) is 3.72. The minimum absolute atomic E-state index is 0.0961. The second-order valence-electron chi connectivity index (χ2n) is 5.69. The van der Waals surface area contributed by atoms with E-state index in [1.807, 2.05) is 37.3 Å². The van der Waals surface area contributed by atoms with E-state index in [4.69, 9.17) is 21.1 Å². The number of amides is 2. The lowest BCUT2D eigenvalue weighted by atomic mass is 10.1. The molecule has 2 aromatic carbocycles. The third-order valence-corrected chi connectivity index (χ3v) is 4.00. The number of rotatable bonds is 9. The smallest absolute Gasteiger partial charge is 0.251 e. The molecule has 144 valence electrons. The van der Waals surface area contributed by atoms with Gasteiger partial charge in [-0.2, -0.15) is 0 Å². The maximum Gasteiger partial charge on any atom is 0.251 e. The average molecular weight is 391 g/mol. The van der Waals surface area contributed by atoms with Crippen LogP contribution >= 0.6 is 11.6 Å². The van der Waals surface area contributed by atoms with Crippen molar-refractivity contribution < 1.29 is 19.1 Å². The van der Waals surface area contributed by atoms with Crippen molar-refractivity contribution >= 4 is 23.4 Å². The van der Waals surface area contributed by atoms with Crippen LogP contribution < -0.4 is 20.1 Å². The quantitative estimate of drug-likeness (QED) is 0.645. The van der Waals surface area contributed by atoms with Gasteiger partial charge in [-0.15, -0.1) is 0 Å². The molecule has 0 aliphatic rings. The van der Waals surface area contributed by atoms with Gasteiger partial charge in [0.1, 0.15) is 0 Å². The predicted octanol–water partition coefficient (Wildman–Crippen LogP) is 2.84. The highest BCUT2D eigenvalue weighted by Gasteiger charge is 2.15. The maximum absolute atomic E-state index is 12.3. The van der Waals surface area contributed by atoms with Crippen LogP contribution in [0.1, 0.15) is 22.8 Å². The van der Waals surface area contributed by atoms with Gasteiger partial charge >= 0.3 is 0 Å². The second-order valence-corrected chi connectivity index (χ2v) is 6.10. The lowest BCUT2D eigenvalue weighted by Gasteiger charge is -2.13. The standard InChI is InChI=1S/C20H23ClN2O4/c1-3-27-19-16(21)12-15(13-17(19)26-2)20(25)23-10-9-22-18(24)11-14-7-5-4-6-8-14/h4-8,12-13H,3,9-11H2,1-2H3,(H,22,24)(H,23,25). The van der Waals surface area contributed by atoms with E-state index in [2.05, 4.69) is 10.6 Å². The number of ether oxygens (including phenoxy) is 2. The average Bonchev–Trinajstić information content (AvgIpc) is 2.67. The highest BCUT2D eigenvalue weighted by atomic mass is 35.5. The second kappa shape index (κ2) is 10.4. The number of carbonyl (C=O) groups excluding carboxylic acids is 2. The zero-order valence-electron chi connectivity index (χ0n) is 15.4. The van der Waals surface area contributed by atoms with Crippen molar-refractivity contribution in [3.8, 4) is 11.5 Å². The molecule has 0 atom stereocenters. The molecule has 2 amide bonds. The summed E-state index contributed by atoms with van der Waals surface area (Å²) in [5, 5.41) is 5.82. The summed E-state index contributed by atoms with van der Waals surface area (Å²) >= 11 is 6.17. The van der Waals surface area contributed by atoms with Crippen LogP contribution in [-0.4, -0.2) is 38.6 Å². The molecule has 0 aliphatic heterocycles. The van der Waals surface area contributed by atoms with Gasteiger partial charge in [0.15, 0.2) is 11.5 Å². The SMILES string of the molecule is CCOc1c(Cl)cc(C(=O)NCCNC(=O)Cc2ccccc2)cc1OC. The predicted molar refractivity (Wildman–Crippen MR) is 105 cm³/mol. The van der Waals surface area contributed by atoms with Gasteiger partial charge in [0, 0.05) is 18.7 Å². The molecule has 0 spiro atoms. The number of benzene rings is 2. The Balaban J connectivity index is 1.83. The molecule has 2 aromatic rings. The molecule has 0 saturated carbocycles. The molecule has 0 unspecified atom stereocenters. The van der Waals surface area contributed by atoms with Crippen molar-refractivity contribution in [3.05, 3.63) is 58.6 Å². The fourth-order valence-electron chi connectivity index (χ4n) is 2.46. The summed E-state index contributed by atoms with van der Waals surface area (Å²) in [5.74, 6) is 0.397. The van der Waals surface area contributed by atoms with Crippen molar-refractivity contribution in [2.75, 3.05) is 26.8 Å². The van der Waals surface area contributed by atoms with E-state index in [1.54, 1.807) is 6.07 Å². The molecular formula is C20H23ClN2O4. The molecular weight excluding hydrogens is 368 g/mol. The van der Waals surface area contributed by atoms with Crippen LogP contribution in [-0.2, 0) is 11.2 Å². The van der Waals surface area contributed by atoms with E-state index in [0.717, 1.165) is 5.56 Å². The summed E-state index contributed by atoms with van der Waals surface area (Å²) in [6.07, 6.45) is 0.306. The van der Waals surface area contributed by atoms with E-state index in [0.29, 0.717) is 48.2 Å². The first-order chi connectivity index (χ1) is 13.0. The minimum atomic E-state index is -0.310. The van der Waals surface area contributed by atoms with Crippen LogP contribution in [0.25, 0.3) is 0 Å². The molecule has 0 fully saturated rings. The number of nitrogens with one attached hydrogen (secondary N) is 2. The minimum Gasteiger partial charge on any atom is -0.493 e. The fourth-order valence-corrected chi connectivity index (χ4v) is 2.72. The Morgan fingerprint density at radius 3 is 2.44 bits per heavy atom.